The Morgan fingerprint density at radius 2 is 1.07 bits per heavy atom. The summed E-state index contributed by atoms with van der Waals surface area (Å²) in [5, 5.41) is 13.2. The Hall–Kier alpha value is -2.87. The van der Waals surface area contributed by atoms with Gasteiger partial charge in [-0.2, -0.15) is 0 Å². The molecule has 29 heavy (non-hydrogen) atoms. The molecule has 0 amide bonds. The Labute approximate surface area is 176 Å². The van der Waals surface area contributed by atoms with E-state index in [1.165, 1.54) is 11.1 Å². The summed E-state index contributed by atoms with van der Waals surface area (Å²) in [4.78, 5) is 0. The van der Waals surface area contributed by atoms with Crippen molar-refractivity contribution in [3.63, 3.8) is 0 Å². The zero-order chi connectivity index (χ0) is 19.8. The second kappa shape index (κ2) is 7.18. The van der Waals surface area contributed by atoms with Crippen molar-refractivity contribution in [3.05, 3.63) is 130 Å². The molecule has 0 aromatic heterocycles. The van der Waals surface area contributed by atoms with Gasteiger partial charge in [0.25, 0.3) is 0 Å². The molecule has 4 aromatic carbocycles. The van der Waals surface area contributed by atoms with E-state index in [2.05, 4.69) is 42.5 Å². The molecule has 0 saturated heterocycles. The van der Waals surface area contributed by atoms with Crippen molar-refractivity contribution in [2.24, 2.45) is 0 Å². The molecule has 0 aliphatic heterocycles. The lowest BCUT2D eigenvalue weighted by molar-refractivity contribution is 0.125. The van der Waals surface area contributed by atoms with Gasteiger partial charge in [0, 0.05) is 10.6 Å². The molecular formula is C27H21ClO. The molecule has 4 aromatic rings. The zero-order valence-corrected chi connectivity index (χ0v) is 16.7. The van der Waals surface area contributed by atoms with E-state index in [1.807, 2.05) is 54.6 Å². The van der Waals surface area contributed by atoms with Crippen LogP contribution in [0.2, 0.25) is 5.02 Å². The minimum atomic E-state index is -1.22. The van der Waals surface area contributed by atoms with Crippen LogP contribution in [-0.4, -0.2) is 5.11 Å². The third kappa shape index (κ3) is 2.98. The van der Waals surface area contributed by atoms with Gasteiger partial charge in [-0.1, -0.05) is 96.5 Å². The van der Waals surface area contributed by atoms with Crippen molar-refractivity contribution >= 4 is 11.6 Å². The van der Waals surface area contributed by atoms with Crippen LogP contribution in [0.15, 0.2) is 97.1 Å². The standard InChI is InChI=1S/C27H21ClO/c28-22-17-15-19(16-18-22)23-9-3-6-12-26(23)27(29)24-10-4-1-7-20(24)13-14-21-8-2-5-11-25(21)27/h1-12,15-18,29H,13-14H2. The van der Waals surface area contributed by atoms with Crippen molar-refractivity contribution in [1.82, 2.24) is 0 Å². The zero-order valence-electron chi connectivity index (χ0n) is 16.0. The highest BCUT2D eigenvalue weighted by molar-refractivity contribution is 6.30. The predicted molar refractivity (Wildman–Crippen MR) is 119 cm³/mol. The first kappa shape index (κ1) is 18.2. The maximum Gasteiger partial charge on any atom is 0.141 e. The van der Waals surface area contributed by atoms with Crippen LogP contribution in [0.5, 0.6) is 0 Å². The summed E-state index contributed by atoms with van der Waals surface area (Å²) >= 11 is 6.12. The largest absolute Gasteiger partial charge is 0.376 e. The highest BCUT2D eigenvalue weighted by Crippen LogP contribution is 2.45. The molecule has 0 fully saturated rings. The first-order chi connectivity index (χ1) is 14.2. The van der Waals surface area contributed by atoms with Crippen LogP contribution in [0.3, 0.4) is 0 Å². The van der Waals surface area contributed by atoms with Gasteiger partial charge in [-0.05, 0) is 58.4 Å². The number of aryl methyl sites for hydroxylation is 2. The molecule has 0 unspecified atom stereocenters. The lowest BCUT2D eigenvalue weighted by Crippen LogP contribution is -2.31. The minimum Gasteiger partial charge on any atom is -0.376 e. The number of fused-ring (bicyclic) bond motifs is 2. The molecule has 0 radical (unpaired) electrons. The smallest absolute Gasteiger partial charge is 0.141 e. The highest BCUT2D eigenvalue weighted by Gasteiger charge is 2.40. The lowest BCUT2D eigenvalue weighted by Gasteiger charge is -2.33. The van der Waals surface area contributed by atoms with Crippen molar-refractivity contribution in [2.45, 2.75) is 18.4 Å². The third-order valence-corrected chi connectivity index (χ3v) is 6.20. The topological polar surface area (TPSA) is 20.2 Å². The number of halogens is 1. The Bertz CT molecular complexity index is 1130. The van der Waals surface area contributed by atoms with Crippen molar-refractivity contribution in [3.8, 4) is 11.1 Å². The average molecular weight is 397 g/mol. The van der Waals surface area contributed by atoms with Gasteiger partial charge in [0.05, 0.1) is 0 Å². The molecule has 1 aliphatic rings. The summed E-state index contributed by atoms with van der Waals surface area (Å²) < 4.78 is 0. The maximum atomic E-state index is 12.5. The number of hydrogen-bond donors (Lipinski definition) is 1. The number of benzene rings is 4. The van der Waals surface area contributed by atoms with Gasteiger partial charge in [-0.25, -0.2) is 0 Å². The SMILES string of the molecule is OC1(c2ccccc2-c2ccc(Cl)cc2)c2ccccc2CCc2ccccc21. The van der Waals surface area contributed by atoms with E-state index in [0.29, 0.717) is 5.02 Å². The van der Waals surface area contributed by atoms with Gasteiger partial charge >= 0.3 is 0 Å². The van der Waals surface area contributed by atoms with Crippen LogP contribution in [0.25, 0.3) is 11.1 Å². The molecule has 0 saturated carbocycles. The molecule has 0 atom stereocenters. The fraction of sp³-hybridized carbons (Fsp3) is 0.111. The molecule has 0 heterocycles. The second-order valence-electron chi connectivity index (χ2n) is 7.58. The van der Waals surface area contributed by atoms with Gasteiger partial charge in [-0.15, -0.1) is 0 Å². The molecule has 1 N–H and O–H groups in total. The van der Waals surface area contributed by atoms with E-state index in [0.717, 1.165) is 40.7 Å². The summed E-state index contributed by atoms with van der Waals surface area (Å²) in [6.45, 7) is 0. The number of hydrogen-bond acceptors (Lipinski definition) is 1. The van der Waals surface area contributed by atoms with Crippen molar-refractivity contribution < 1.29 is 5.11 Å². The molecular weight excluding hydrogens is 376 g/mol. The first-order valence-electron chi connectivity index (χ1n) is 9.92. The van der Waals surface area contributed by atoms with Crippen molar-refractivity contribution in [1.29, 1.82) is 0 Å². The summed E-state index contributed by atoms with van der Waals surface area (Å²) in [7, 11) is 0. The first-order valence-corrected chi connectivity index (χ1v) is 10.3. The van der Waals surface area contributed by atoms with Gasteiger partial charge < -0.3 is 5.11 Å². The van der Waals surface area contributed by atoms with E-state index < -0.39 is 5.60 Å². The fourth-order valence-corrected chi connectivity index (χ4v) is 4.69. The Morgan fingerprint density at radius 1 is 0.586 bits per heavy atom. The summed E-state index contributed by atoms with van der Waals surface area (Å²) in [5.74, 6) is 0. The van der Waals surface area contributed by atoms with Gasteiger partial charge in [0.2, 0.25) is 0 Å². The molecule has 1 nitrogen and oxygen atoms in total. The molecule has 2 heteroatoms. The quantitative estimate of drug-likeness (QED) is 0.416. The van der Waals surface area contributed by atoms with Crippen molar-refractivity contribution in [2.75, 3.05) is 0 Å². The third-order valence-electron chi connectivity index (χ3n) is 5.95. The highest BCUT2D eigenvalue weighted by atomic mass is 35.5. The van der Waals surface area contributed by atoms with Crippen LogP contribution >= 0.6 is 11.6 Å². The van der Waals surface area contributed by atoms with Crippen LogP contribution in [0.1, 0.15) is 27.8 Å². The number of rotatable bonds is 2. The van der Waals surface area contributed by atoms with Gasteiger partial charge in [0.15, 0.2) is 0 Å². The van der Waals surface area contributed by atoms with Crippen LogP contribution in [0.4, 0.5) is 0 Å². The Morgan fingerprint density at radius 3 is 1.66 bits per heavy atom. The van der Waals surface area contributed by atoms with Crippen LogP contribution in [-0.2, 0) is 18.4 Å². The van der Waals surface area contributed by atoms with E-state index >= 15 is 0 Å². The van der Waals surface area contributed by atoms with Gasteiger partial charge in [0.1, 0.15) is 5.60 Å². The molecule has 1 aliphatic carbocycles. The van der Waals surface area contributed by atoms with Crippen LogP contribution in [0, 0.1) is 0 Å². The Balaban J connectivity index is 1.84. The predicted octanol–water partition coefficient (Wildman–Crippen LogP) is 6.39. The maximum absolute atomic E-state index is 12.5. The van der Waals surface area contributed by atoms with E-state index in [1.54, 1.807) is 0 Å². The summed E-state index contributed by atoms with van der Waals surface area (Å²) in [6.07, 6.45) is 1.83. The number of aliphatic hydroxyl groups is 1. The summed E-state index contributed by atoms with van der Waals surface area (Å²) in [6, 6.07) is 32.5. The van der Waals surface area contributed by atoms with E-state index in [-0.39, 0.29) is 0 Å². The molecule has 0 bridgehead atoms. The van der Waals surface area contributed by atoms with E-state index in [9.17, 15) is 5.11 Å². The molecule has 0 spiro atoms. The molecule has 142 valence electrons. The monoisotopic (exact) mass is 396 g/mol. The normalized spacial score (nSPS) is 14.6. The minimum absolute atomic E-state index is 0.704. The van der Waals surface area contributed by atoms with Crippen LogP contribution < -0.4 is 0 Å². The average Bonchev–Trinajstić information content (AvgIpc) is 2.90. The molecule has 5 rings (SSSR count). The fourth-order valence-electron chi connectivity index (χ4n) is 4.57. The van der Waals surface area contributed by atoms with E-state index in [4.69, 9.17) is 11.6 Å². The second-order valence-corrected chi connectivity index (χ2v) is 8.01. The van der Waals surface area contributed by atoms with Gasteiger partial charge in [-0.3, -0.25) is 0 Å². The Kier molecular flexibility index (Phi) is 4.50. The summed E-state index contributed by atoms with van der Waals surface area (Å²) in [5.41, 5.74) is 6.03. The lowest BCUT2D eigenvalue weighted by atomic mass is 9.75.